The summed E-state index contributed by atoms with van der Waals surface area (Å²) in [6, 6.07) is 11.4. The number of methoxy groups -OCH3 is 1. The van der Waals surface area contributed by atoms with Gasteiger partial charge in [-0.15, -0.1) is 0 Å². The number of aromatic nitrogens is 2. The van der Waals surface area contributed by atoms with Crippen molar-refractivity contribution in [3.8, 4) is 5.75 Å². The SMILES string of the molecule is COc1ccc(Nc2ncc(C(=O)NCc3ccccc3F)cn2)cc1Cl. The van der Waals surface area contributed by atoms with Crippen LogP contribution in [-0.2, 0) is 6.54 Å². The number of anilines is 2. The summed E-state index contributed by atoms with van der Waals surface area (Å²) in [7, 11) is 1.54. The Bertz CT molecular complexity index is 951. The van der Waals surface area contributed by atoms with Crippen molar-refractivity contribution in [3.63, 3.8) is 0 Å². The monoisotopic (exact) mass is 386 g/mol. The number of rotatable bonds is 6. The summed E-state index contributed by atoms with van der Waals surface area (Å²) in [5, 5.41) is 6.07. The summed E-state index contributed by atoms with van der Waals surface area (Å²) in [6.45, 7) is 0.0792. The molecule has 0 aliphatic rings. The molecule has 0 fully saturated rings. The highest BCUT2D eigenvalue weighted by Gasteiger charge is 2.09. The lowest BCUT2D eigenvalue weighted by atomic mass is 10.2. The minimum absolute atomic E-state index is 0.0792. The van der Waals surface area contributed by atoms with Crippen molar-refractivity contribution >= 4 is 29.1 Å². The normalized spacial score (nSPS) is 10.3. The van der Waals surface area contributed by atoms with Crippen molar-refractivity contribution in [1.29, 1.82) is 0 Å². The minimum Gasteiger partial charge on any atom is -0.495 e. The van der Waals surface area contributed by atoms with Crippen molar-refractivity contribution in [1.82, 2.24) is 15.3 Å². The van der Waals surface area contributed by atoms with E-state index in [9.17, 15) is 9.18 Å². The molecule has 0 bridgehead atoms. The maximum Gasteiger partial charge on any atom is 0.254 e. The fraction of sp³-hybridized carbons (Fsp3) is 0.105. The highest BCUT2D eigenvalue weighted by atomic mass is 35.5. The number of hydrogen-bond acceptors (Lipinski definition) is 5. The van der Waals surface area contributed by atoms with Gasteiger partial charge in [0, 0.05) is 30.2 Å². The molecule has 27 heavy (non-hydrogen) atoms. The van der Waals surface area contributed by atoms with Gasteiger partial charge >= 0.3 is 0 Å². The Morgan fingerprint density at radius 3 is 2.59 bits per heavy atom. The highest BCUT2D eigenvalue weighted by Crippen LogP contribution is 2.28. The summed E-state index contributed by atoms with van der Waals surface area (Å²) in [5.41, 5.74) is 1.35. The molecule has 0 saturated carbocycles. The second-order valence-electron chi connectivity index (χ2n) is 5.54. The molecule has 0 spiro atoms. The minimum atomic E-state index is -0.391. The first-order valence-electron chi connectivity index (χ1n) is 8.01. The van der Waals surface area contributed by atoms with Crippen LogP contribution in [0.1, 0.15) is 15.9 Å². The van der Waals surface area contributed by atoms with Crippen LogP contribution in [0, 0.1) is 5.82 Å². The number of ether oxygens (including phenoxy) is 1. The lowest BCUT2D eigenvalue weighted by molar-refractivity contribution is 0.0950. The molecule has 2 N–H and O–H groups in total. The van der Waals surface area contributed by atoms with Crippen molar-refractivity contribution in [2.75, 3.05) is 12.4 Å². The average molecular weight is 387 g/mol. The summed E-state index contributed by atoms with van der Waals surface area (Å²) in [5.74, 6) is 0.107. The Morgan fingerprint density at radius 1 is 1.19 bits per heavy atom. The molecule has 1 amide bonds. The fourth-order valence-electron chi connectivity index (χ4n) is 2.30. The molecule has 0 unspecified atom stereocenters. The van der Waals surface area contributed by atoms with E-state index >= 15 is 0 Å². The van der Waals surface area contributed by atoms with E-state index in [1.807, 2.05) is 0 Å². The van der Waals surface area contributed by atoms with Crippen LogP contribution in [0.3, 0.4) is 0 Å². The topological polar surface area (TPSA) is 76.1 Å². The number of carbonyl (C=O) groups is 1. The zero-order valence-corrected chi connectivity index (χ0v) is 15.1. The van der Waals surface area contributed by atoms with Crippen LogP contribution in [0.15, 0.2) is 54.9 Å². The summed E-state index contributed by atoms with van der Waals surface area (Å²) < 4.78 is 18.7. The van der Waals surface area contributed by atoms with Crippen molar-refractivity contribution < 1.29 is 13.9 Å². The number of nitrogens with one attached hydrogen (secondary N) is 2. The van der Waals surface area contributed by atoms with Crippen molar-refractivity contribution in [2.24, 2.45) is 0 Å². The van der Waals surface area contributed by atoms with Gasteiger partial charge in [0.2, 0.25) is 5.95 Å². The zero-order chi connectivity index (χ0) is 19.2. The molecular formula is C19H16ClFN4O2. The molecule has 0 aliphatic carbocycles. The van der Waals surface area contributed by atoms with Crippen LogP contribution in [0.4, 0.5) is 16.0 Å². The smallest absolute Gasteiger partial charge is 0.254 e. The Kier molecular flexibility index (Phi) is 5.83. The maximum atomic E-state index is 13.6. The van der Waals surface area contributed by atoms with Crippen LogP contribution in [0.5, 0.6) is 5.75 Å². The zero-order valence-electron chi connectivity index (χ0n) is 14.4. The number of nitrogens with zero attached hydrogens (tertiary/aromatic N) is 2. The molecule has 0 aliphatic heterocycles. The summed E-state index contributed by atoms with van der Waals surface area (Å²) >= 11 is 6.07. The summed E-state index contributed by atoms with van der Waals surface area (Å²) in [4.78, 5) is 20.4. The van der Waals surface area contributed by atoms with Crippen LogP contribution < -0.4 is 15.4 Å². The molecule has 1 heterocycles. The first kappa shape index (κ1) is 18.6. The van der Waals surface area contributed by atoms with Gasteiger partial charge in [-0.05, 0) is 24.3 Å². The molecule has 138 valence electrons. The third-order valence-electron chi connectivity index (χ3n) is 3.72. The highest BCUT2D eigenvalue weighted by molar-refractivity contribution is 6.32. The average Bonchev–Trinajstić information content (AvgIpc) is 2.68. The Labute approximate surface area is 160 Å². The molecule has 0 atom stereocenters. The van der Waals surface area contributed by atoms with Crippen molar-refractivity contribution in [2.45, 2.75) is 6.54 Å². The maximum absolute atomic E-state index is 13.6. The predicted octanol–water partition coefficient (Wildman–Crippen LogP) is 3.95. The van der Waals surface area contributed by atoms with Crippen molar-refractivity contribution in [3.05, 3.63) is 76.8 Å². The van der Waals surface area contributed by atoms with Crippen LogP contribution in [-0.4, -0.2) is 23.0 Å². The first-order chi connectivity index (χ1) is 13.1. The third kappa shape index (κ3) is 4.71. The van der Waals surface area contributed by atoms with Gasteiger partial charge in [0.15, 0.2) is 0 Å². The van der Waals surface area contributed by atoms with E-state index in [4.69, 9.17) is 16.3 Å². The number of benzene rings is 2. The molecule has 2 aromatic carbocycles. The molecule has 3 rings (SSSR count). The van der Waals surface area contributed by atoms with Gasteiger partial charge in [-0.25, -0.2) is 14.4 Å². The molecule has 8 heteroatoms. The van der Waals surface area contributed by atoms with Gasteiger partial charge in [0.1, 0.15) is 11.6 Å². The van der Waals surface area contributed by atoms with Gasteiger partial charge < -0.3 is 15.4 Å². The number of hydrogen-bond donors (Lipinski definition) is 2. The fourth-order valence-corrected chi connectivity index (χ4v) is 2.56. The first-order valence-corrected chi connectivity index (χ1v) is 8.39. The van der Waals surface area contributed by atoms with E-state index in [0.29, 0.717) is 28.0 Å². The Morgan fingerprint density at radius 2 is 1.93 bits per heavy atom. The second kappa shape index (κ2) is 8.46. The van der Waals surface area contributed by atoms with E-state index in [0.717, 1.165) is 0 Å². The lowest BCUT2D eigenvalue weighted by Gasteiger charge is -2.09. The Hall–Kier alpha value is -3.19. The van der Waals surface area contributed by atoms with Gasteiger partial charge in [-0.3, -0.25) is 4.79 Å². The van der Waals surface area contributed by atoms with E-state index in [1.165, 1.54) is 25.6 Å². The lowest BCUT2D eigenvalue weighted by Crippen LogP contribution is -2.23. The number of carbonyl (C=O) groups excluding carboxylic acids is 1. The van der Waals surface area contributed by atoms with Gasteiger partial charge in [0.25, 0.3) is 5.91 Å². The molecule has 0 saturated heterocycles. The molecule has 1 aromatic heterocycles. The van der Waals surface area contributed by atoms with Gasteiger partial charge in [-0.2, -0.15) is 0 Å². The van der Waals surface area contributed by atoms with Gasteiger partial charge in [-0.1, -0.05) is 29.8 Å². The van der Waals surface area contributed by atoms with E-state index in [-0.39, 0.29) is 17.9 Å². The third-order valence-corrected chi connectivity index (χ3v) is 4.01. The second-order valence-corrected chi connectivity index (χ2v) is 5.95. The quantitative estimate of drug-likeness (QED) is 0.670. The molecule has 0 radical (unpaired) electrons. The van der Waals surface area contributed by atoms with Crippen LogP contribution in [0.2, 0.25) is 5.02 Å². The van der Waals surface area contributed by atoms with Crippen LogP contribution >= 0.6 is 11.6 Å². The predicted molar refractivity (Wildman–Crippen MR) is 101 cm³/mol. The number of amides is 1. The van der Waals surface area contributed by atoms with E-state index in [2.05, 4.69) is 20.6 Å². The van der Waals surface area contributed by atoms with E-state index in [1.54, 1.807) is 36.4 Å². The Balaban J connectivity index is 1.62. The standard InChI is InChI=1S/C19H16ClFN4O2/c1-27-17-7-6-14(8-15(17)20)25-19-23-10-13(11-24-19)18(26)22-9-12-4-2-3-5-16(12)21/h2-8,10-11H,9H2,1H3,(H,22,26)(H,23,24,25). The molecule has 3 aromatic rings. The molecule has 6 nitrogen and oxygen atoms in total. The summed E-state index contributed by atoms with van der Waals surface area (Å²) in [6.07, 6.45) is 2.77. The van der Waals surface area contributed by atoms with E-state index < -0.39 is 5.91 Å². The van der Waals surface area contributed by atoms with Crippen LogP contribution in [0.25, 0.3) is 0 Å². The largest absolute Gasteiger partial charge is 0.495 e. The molecular weight excluding hydrogens is 371 g/mol. The van der Waals surface area contributed by atoms with Gasteiger partial charge in [0.05, 0.1) is 17.7 Å². The number of halogens is 2.